The summed E-state index contributed by atoms with van der Waals surface area (Å²) in [6.07, 6.45) is 0. The van der Waals surface area contributed by atoms with Gasteiger partial charge in [-0.05, 0) is 34.7 Å². The highest BCUT2D eigenvalue weighted by Gasteiger charge is 2.15. The maximum Gasteiger partial charge on any atom is 0.238 e. The smallest absolute Gasteiger partial charge is 0.238 e. The van der Waals surface area contributed by atoms with Crippen LogP contribution in [0.1, 0.15) is 29.0 Å². The molecule has 120 valence electrons. The van der Waals surface area contributed by atoms with Crippen LogP contribution in [0, 0.1) is 20.8 Å². The van der Waals surface area contributed by atoms with Gasteiger partial charge in [-0.3, -0.25) is 14.4 Å². The lowest BCUT2D eigenvalue weighted by Crippen LogP contribution is -2.30. The second-order valence-corrected chi connectivity index (χ2v) is 6.50. The quantitative estimate of drug-likeness (QED) is 0.887. The van der Waals surface area contributed by atoms with Gasteiger partial charge in [0.15, 0.2) is 0 Å². The van der Waals surface area contributed by atoms with Gasteiger partial charge in [-0.25, -0.2) is 4.98 Å². The van der Waals surface area contributed by atoms with Crippen molar-refractivity contribution >= 4 is 22.9 Å². The number of nitrogens with one attached hydrogen (secondary N) is 1. The van der Waals surface area contributed by atoms with Crippen LogP contribution in [-0.4, -0.2) is 39.2 Å². The number of nitrogens with zero attached hydrogens (tertiary/aromatic N) is 4. The fourth-order valence-corrected chi connectivity index (χ4v) is 3.03. The van der Waals surface area contributed by atoms with E-state index >= 15 is 0 Å². The van der Waals surface area contributed by atoms with Crippen molar-refractivity contribution in [1.29, 1.82) is 0 Å². The Hall–Kier alpha value is -1.73. The monoisotopic (exact) mass is 321 g/mol. The number of thiazole rings is 1. The molecule has 0 aliphatic carbocycles. The minimum Gasteiger partial charge on any atom is -0.322 e. The van der Waals surface area contributed by atoms with E-state index in [1.54, 1.807) is 11.3 Å². The number of hydrogen-bond acceptors (Lipinski definition) is 5. The number of carbonyl (C=O) groups excluding carboxylic acids is 1. The molecule has 1 N–H and O–H groups in total. The molecule has 22 heavy (non-hydrogen) atoms. The number of carbonyl (C=O) groups is 1. The van der Waals surface area contributed by atoms with Crippen LogP contribution < -0.4 is 5.32 Å². The van der Waals surface area contributed by atoms with Gasteiger partial charge in [-0.15, -0.1) is 11.3 Å². The third-order valence-electron chi connectivity index (χ3n) is 3.46. The molecule has 0 fully saturated rings. The van der Waals surface area contributed by atoms with E-state index in [1.807, 2.05) is 49.7 Å². The summed E-state index contributed by atoms with van der Waals surface area (Å²) in [6.45, 7) is 9.70. The molecule has 2 aromatic rings. The van der Waals surface area contributed by atoms with E-state index in [1.165, 1.54) is 0 Å². The summed E-state index contributed by atoms with van der Waals surface area (Å²) in [5.74, 6) is -0.0312. The predicted molar refractivity (Wildman–Crippen MR) is 89.2 cm³/mol. The zero-order valence-electron chi connectivity index (χ0n) is 13.8. The summed E-state index contributed by atoms with van der Waals surface area (Å²) in [5.41, 5.74) is 3.67. The first kappa shape index (κ1) is 16.6. The van der Waals surface area contributed by atoms with Crippen molar-refractivity contribution < 1.29 is 4.79 Å². The van der Waals surface area contributed by atoms with Gasteiger partial charge in [0.2, 0.25) is 5.91 Å². The highest BCUT2D eigenvalue weighted by Crippen LogP contribution is 2.19. The van der Waals surface area contributed by atoms with E-state index in [2.05, 4.69) is 15.4 Å². The fraction of sp³-hybridized carbons (Fsp3) is 0.533. The van der Waals surface area contributed by atoms with E-state index in [0.29, 0.717) is 13.1 Å². The summed E-state index contributed by atoms with van der Waals surface area (Å²) in [6, 6.07) is 0. The van der Waals surface area contributed by atoms with Crippen molar-refractivity contribution in [3.8, 4) is 0 Å². The van der Waals surface area contributed by atoms with E-state index in [4.69, 9.17) is 0 Å². The Morgan fingerprint density at radius 1 is 1.41 bits per heavy atom. The number of aryl methyl sites for hydroxylation is 3. The summed E-state index contributed by atoms with van der Waals surface area (Å²) in [5, 5.41) is 10.5. The zero-order chi connectivity index (χ0) is 16.3. The molecule has 0 atom stereocenters. The van der Waals surface area contributed by atoms with Crippen molar-refractivity contribution in [3.63, 3.8) is 0 Å². The van der Waals surface area contributed by atoms with Crippen LogP contribution in [0.5, 0.6) is 0 Å². The van der Waals surface area contributed by atoms with Crippen LogP contribution >= 0.6 is 11.3 Å². The molecule has 0 aliphatic heterocycles. The third kappa shape index (κ3) is 3.92. The van der Waals surface area contributed by atoms with Crippen LogP contribution in [-0.2, 0) is 17.9 Å². The SMILES string of the molecule is CCn1nc(C)c(NC(=O)CN(C)Cc2csc(C)n2)c1C. The van der Waals surface area contributed by atoms with Crippen molar-refractivity contribution in [3.05, 3.63) is 27.5 Å². The second-order valence-electron chi connectivity index (χ2n) is 5.44. The van der Waals surface area contributed by atoms with Crippen LogP contribution in [0.3, 0.4) is 0 Å². The molecule has 0 saturated carbocycles. The molecular formula is C15H23N5OS. The molecule has 2 heterocycles. The molecular weight excluding hydrogens is 298 g/mol. The zero-order valence-corrected chi connectivity index (χ0v) is 14.6. The molecule has 0 unspecified atom stereocenters. The number of likely N-dealkylation sites (N-methyl/N-ethyl adjacent to an activating group) is 1. The number of aromatic nitrogens is 3. The number of hydrogen-bond donors (Lipinski definition) is 1. The molecule has 0 spiro atoms. The van der Waals surface area contributed by atoms with E-state index in [0.717, 1.165) is 34.3 Å². The van der Waals surface area contributed by atoms with Gasteiger partial charge >= 0.3 is 0 Å². The first-order chi connectivity index (χ1) is 10.4. The molecule has 2 aromatic heterocycles. The molecule has 2 rings (SSSR count). The van der Waals surface area contributed by atoms with Crippen molar-refractivity contribution in [2.75, 3.05) is 18.9 Å². The lowest BCUT2D eigenvalue weighted by atomic mass is 10.3. The molecule has 1 amide bonds. The van der Waals surface area contributed by atoms with Gasteiger partial charge < -0.3 is 5.32 Å². The topological polar surface area (TPSA) is 63.1 Å². The summed E-state index contributed by atoms with van der Waals surface area (Å²) >= 11 is 1.63. The average molecular weight is 321 g/mol. The normalized spacial score (nSPS) is 11.2. The minimum absolute atomic E-state index is 0.0312. The molecule has 7 heteroatoms. The van der Waals surface area contributed by atoms with Crippen molar-refractivity contribution in [1.82, 2.24) is 19.7 Å². The van der Waals surface area contributed by atoms with E-state index in [-0.39, 0.29) is 5.91 Å². The van der Waals surface area contributed by atoms with Gasteiger partial charge in [-0.1, -0.05) is 0 Å². The number of amides is 1. The number of anilines is 1. The Kier molecular flexibility index (Phi) is 5.31. The second kappa shape index (κ2) is 7.02. The highest BCUT2D eigenvalue weighted by molar-refractivity contribution is 7.09. The summed E-state index contributed by atoms with van der Waals surface area (Å²) < 4.78 is 1.90. The average Bonchev–Trinajstić information content (AvgIpc) is 2.96. The van der Waals surface area contributed by atoms with Gasteiger partial charge in [-0.2, -0.15) is 5.10 Å². The maximum atomic E-state index is 12.2. The third-order valence-corrected chi connectivity index (χ3v) is 4.28. The van der Waals surface area contributed by atoms with Crippen LogP contribution in [0.2, 0.25) is 0 Å². The van der Waals surface area contributed by atoms with Gasteiger partial charge in [0, 0.05) is 18.5 Å². The van der Waals surface area contributed by atoms with E-state index < -0.39 is 0 Å². The lowest BCUT2D eigenvalue weighted by Gasteiger charge is -2.15. The van der Waals surface area contributed by atoms with Crippen LogP contribution in [0.15, 0.2) is 5.38 Å². The lowest BCUT2D eigenvalue weighted by molar-refractivity contribution is -0.117. The maximum absolute atomic E-state index is 12.2. The van der Waals surface area contributed by atoms with Gasteiger partial charge in [0.25, 0.3) is 0 Å². The Bertz CT molecular complexity index is 661. The predicted octanol–water partition coefficient (Wildman–Crippen LogP) is 2.36. The Balaban J connectivity index is 1.94. The number of rotatable bonds is 6. The van der Waals surface area contributed by atoms with Gasteiger partial charge in [0.05, 0.1) is 34.3 Å². The molecule has 6 nitrogen and oxygen atoms in total. The molecule has 0 aromatic carbocycles. The molecule has 0 aliphatic rings. The fourth-order valence-electron chi connectivity index (χ4n) is 2.42. The molecule has 0 bridgehead atoms. The van der Waals surface area contributed by atoms with Crippen LogP contribution in [0.25, 0.3) is 0 Å². The first-order valence-corrected chi connectivity index (χ1v) is 8.22. The van der Waals surface area contributed by atoms with E-state index in [9.17, 15) is 4.79 Å². The first-order valence-electron chi connectivity index (χ1n) is 7.34. The van der Waals surface area contributed by atoms with Crippen molar-refractivity contribution in [2.45, 2.75) is 40.8 Å². The Morgan fingerprint density at radius 2 is 2.14 bits per heavy atom. The van der Waals surface area contributed by atoms with Gasteiger partial charge in [0.1, 0.15) is 0 Å². The summed E-state index contributed by atoms with van der Waals surface area (Å²) in [7, 11) is 1.92. The minimum atomic E-state index is -0.0312. The van der Waals surface area contributed by atoms with Crippen molar-refractivity contribution in [2.24, 2.45) is 0 Å². The summed E-state index contributed by atoms with van der Waals surface area (Å²) in [4.78, 5) is 18.6. The van der Waals surface area contributed by atoms with Crippen LogP contribution in [0.4, 0.5) is 5.69 Å². The highest BCUT2D eigenvalue weighted by atomic mass is 32.1. The Morgan fingerprint density at radius 3 is 2.68 bits per heavy atom. The molecule has 0 saturated heterocycles. The standard InChI is InChI=1S/C15H23N5OS/c1-6-20-11(3)15(10(2)18-20)17-14(21)8-19(5)7-13-9-22-12(4)16-13/h9H,6-8H2,1-5H3,(H,17,21). The largest absolute Gasteiger partial charge is 0.322 e. The molecule has 0 radical (unpaired) electrons. The Labute approximate surface area is 135 Å².